The largest absolute Gasteiger partial charge is 0.251 e. The minimum atomic E-state index is 0.237. The van der Waals surface area contributed by atoms with Gasteiger partial charge in [-0.25, -0.2) is 4.89 Å². The molecule has 2 rings (SSSR count). The Kier molecular flexibility index (Phi) is 2.48. The number of hydrogen-bond acceptors (Lipinski definition) is 2. The van der Waals surface area contributed by atoms with Crippen molar-refractivity contribution in [3.8, 4) is 0 Å². The third-order valence-electron chi connectivity index (χ3n) is 2.45. The first kappa shape index (κ1) is 9.19. The second-order valence-electron chi connectivity index (χ2n) is 3.36. The van der Waals surface area contributed by atoms with Crippen LogP contribution >= 0.6 is 0 Å². The molecule has 0 aromatic heterocycles. The Morgan fingerprint density at radius 2 is 1.79 bits per heavy atom. The SMILES string of the molecule is Cc1ccc(COO)c2ccccc12. The lowest BCUT2D eigenvalue weighted by Crippen LogP contribution is -1.90. The summed E-state index contributed by atoms with van der Waals surface area (Å²) in [6, 6.07) is 12.1. The molecule has 1 N–H and O–H groups in total. The van der Waals surface area contributed by atoms with Gasteiger partial charge in [0.2, 0.25) is 0 Å². The molecule has 0 atom stereocenters. The Balaban J connectivity index is 2.68. The maximum atomic E-state index is 8.45. The van der Waals surface area contributed by atoms with E-state index in [1.54, 1.807) is 0 Å². The zero-order chi connectivity index (χ0) is 9.97. The monoisotopic (exact) mass is 188 g/mol. The van der Waals surface area contributed by atoms with E-state index in [0.717, 1.165) is 10.9 Å². The van der Waals surface area contributed by atoms with E-state index in [2.05, 4.69) is 17.9 Å². The summed E-state index contributed by atoms with van der Waals surface area (Å²) in [5.41, 5.74) is 2.25. The highest BCUT2D eigenvalue weighted by Crippen LogP contribution is 2.22. The van der Waals surface area contributed by atoms with Crippen molar-refractivity contribution in [3.05, 3.63) is 47.5 Å². The maximum absolute atomic E-state index is 8.45. The fourth-order valence-electron chi connectivity index (χ4n) is 1.71. The summed E-state index contributed by atoms with van der Waals surface area (Å²) in [7, 11) is 0. The van der Waals surface area contributed by atoms with E-state index in [-0.39, 0.29) is 6.61 Å². The van der Waals surface area contributed by atoms with Gasteiger partial charge in [-0.3, -0.25) is 5.26 Å². The molecule has 0 aliphatic rings. The number of aryl methyl sites for hydroxylation is 1. The van der Waals surface area contributed by atoms with E-state index in [0.29, 0.717) is 0 Å². The number of rotatable bonds is 2. The summed E-state index contributed by atoms with van der Waals surface area (Å²) in [6.45, 7) is 2.31. The van der Waals surface area contributed by atoms with Gasteiger partial charge in [0.15, 0.2) is 0 Å². The Hall–Kier alpha value is -1.38. The molecule has 2 aromatic rings. The van der Waals surface area contributed by atoms with Gasteiger partial charge in [-0.2, -0.15) is 0 Å². The van der Waals surface area contributed by atoms with Crippen molar-refractivity contribution < 1.29 is 10.1 Å². The second kappa shape index (κ2) is 3.78. The van der Waals surface area contributed by atoms with Crippen molar-refractivity contribution in [2.75, 3.05) is 0 Å². The zero-order valence-corrected chi connectivity index (χ0v) is 8.03. The predicted octanol–water partition coefficient (Wildman–Crippen LogP) is 3.14. The van der Waals surface area contributed by atoms with Crippen LogP contribution in [0, 0.1) is 6.92 Å². The number of fused-ring (bicyclic) bond motifs is 1. The third kappa shape index (κ3) is 1.50. The summed E-state index contributed by atoms with van der Waals surface area (Å²) in [5, 5.41) is 10.8. The molecule has 0 radical (unpaired) electrons. The van der Waals surface area contributed by atoms with Crippen LogP contribution < -0.4 is 0 Å². The summed E-state index contributed by atoms with van der Waals surface area (Å²) in [5.74, 6) is 0. The highest BCUT2D eigenvalue weighted by Gasteiger charge is 2.02. The fourth-order valence-corrected chi connectivity index (χ4v) is 1.71. The van der Waals surface area contributed by atoms with Crippen LogP contribution in [0.3, 0.4) is 0 Å². The molecule has 0 amide bonds. The van der Waals surface area contributed by atoms with Gasteiger partial charge in [0.25, 0.3) is 0 Å². The van der Waals surface area contributed by atoms with E-state index in [1.165, 1.54) is 10.9 Å². The smallest absolute Gasteiger partial charge is 0.108 e. The molecule has 0 aliphatic heterocycles. The van der Waals surface area contributed by atoms with Crippen molar-refractivity contribution in [2.24, 2.45) is 0 Å². The maximum Gasteiger partial charge on any atom is 0.108 e. The van der Waals surface area contributed by atoms with E-state index < -0.39 is 0 Å². The summed E-state index contributed by atoms with van der Waals surface area (Å²) in [4.78, 5) is 4.18. The van der Waals surface area contributed by atoms with Crippen LogP contribution in [0.25, 0.3) is 10.8 Å². The Morgan fingerprint density at radius 3 is 2.50 bits per heavy atom. The average Bonchev–Trinajstić information content (AvgIpc) is 2.23. The summed E-state index contributed by atoms with van der Waals surface area (Å²) in [6.07, 6.45) is 0. The van der Waals surface area contributed by atoms with Crippen molar-refractivity contribution in [1.82, 2.24) is 0 Å². The highest BCUT2D eigenvalue weighted by molar-refractivity contribution is 5.88. The minimum Gasteiger partial charge on any atom is -0.251 e. The summed E-state index contributed by atoms with van der Waals surface area (Å²) < 4.78 is 0. The van der Waals surface area contributed by atoms with Crippen LogP contribution in [0.5, 0.6) is 0 Å². The molecule has 0 saturated carbocycles. The Labute approximate surface area is 82.7 Å². The average molecular weight is 188 g/mol. The Morgan fingerprint density at radius 1 is 1.07 bits per heavy atom. The lowest BCUT2D eigenvalue weighted by Gasteiger charge is -2.06. The molecule has 0 fully saturated rings. The lowest BCUT2D eigenvalue weighted by atomic mass is 10.0. The van der Waals surface area contributed by atoms with Gasteiger partial charge >= 0.3 is 0 Å². The molecule has 72 valence electrons. The van der Waals surface area contributed by atoms with Gasteiger partial charge in [0, 0.05) is 0 Å². The van der Waals surface area contributed by atoms with Gasteiger partial charge in [-0.05, 0) is 28.8 Å². The summed E-state index contributed by atoms with van der Waals surface area (Å²) >= 11 is 0. The number of hydrogen-bond donors (Lipinski definition) is 1. The topological polar surface area (TPSA) is 29.5 Å². The van der Waals surface area contributed by atoms with Crippen LogP contribution in [-0.2, 0) is 11.5 Å². The molecule has 0 unspecified atom stereocenters. The molecule has 0 bridgehead atoms. The molecule has 0 saturated heterocycles. The van der Waals surface area contributed by atoms with E-state index in [1.807, 2.05) is 30.3 Å². The van der Waals surface area contributed by atoms with Crippen molar-refractivity contribution in [2.45, 2.75) is 13.5 Å². The molecule has 2 nitrogen and oxygen atoms in total. The molecular formula is C12H12O2. The Bertz CT molecular complexity index is 449. The molecule has 2 heteroatoms. The molecule has 0 aliphatic carbocycles. The first-order chi connectivity index (χ1) is 6.83. The molecule has 0 heterocycles. The molecule has 14 heavy (non-hydrogen) atoms. The van der Waals surface area contributed by atoms with Gasteiger partial charge < -0.3 is 0 Å². The standard InChI is InChI=1S/C12H12O2/c1-9-6-7-10(8-14-13)12-5-3-2-4-11(9)12/h2-7,13H,8H2,1H3. The van der Waals surface area contributed by atoms with Crippen molar-refractivity contribution in [1.29, 1.82) is 0 Å². The van der Waals surface area contributed by atoms with Crippen molar-refractivity contribution >= 4 is 10.8 Å². The minimum absolute atomic E-state index is 0.237. The van der Waals surface area contributed by atoms with Crippen LogP contribution in [0.1, 0.15) is 11.1 Å². The first-order valence-electron chi connectivity index (χ1n) is 4.56. The fraction of sp³-hybridized carbons (Fsp3) is 0.167. The molecule has 0 spiro atoms. The predicted molar refractivity (Wildman–Crippen MR) is 56.1 cm³/mol. The van der Waals surface area contributed by atoms with Crippen LogP contribution in [-0.4, -0.2) is 5.26 Å². The van der Waals surface area contributed by atoms with E-state index >= 15 is 0 Å². The van der Waals surface area contributed by atoms with E-state index in [4.69, 9.17) is 5.26 Å². The quantitative estimate of drug-likeness (QED) is 0.579. The first-order valence-corrected chi connectivity index (χ1v) is 4.56. The van der Waals surface area contributed by atoms with Gasteiger partial charge in [0.1, 0.15) is 6.61 Å². The van der Waals surface area contributed by atoms with Crippen molar-refractivity contribution in [3.63, 3.8) is 0 Å². The van der Waals surface area contributed by atoms with Gasteiger partial charge in [-0.1, -0.05) is 36.4 Å². The van der Waals surface area contributed by atoms with E-state index in [9.17, 15) is 0 Å². The molecular weight excluding hydrogens is 176 g/mol. The van der Waals surface area contributed by atoms with Crippen LogP contribution in [0.2, 0.25) is 0 Å². The van der Waals surface area contributed by atoms with Crippen LogP contribution in [0.4, 0.5) is 0 Å². The molecule has 2 aromatic carbocycles. The lowest BCUT2D eigenvalue weighted by molar-refractivity contribution is -0.252. The second-order valence-corrected chi connectivity index (χ2v) is 3.36. The van der Waals surface area contributed by atoms with Gasteiger partial charge in [0.05, 0.1) is 0 Å². The zero-order valence-electron chi connectivity index (χ0n) is 8.03. The van der Waals surface area contributed by atoms with Gasteiger partial charge in [-0.15, -0.1) is 0 Å². The van der Waals surface area contributed by atoms with Crippen LogP contribution in [0.15, 0.2) is 36.4 Å². The highest BCUT2D eigenvalue weighted by atomic mass is 17.1. The third-order valence-corrected chi connectivity index (χ3v) is 2.45. The number of benzene rings is 2. The normalized spacial score (nSPS) is 10.7.